The molecule has 8 heteroatoms. The van der Waals surface area contributed by atoms with Crippen LogP contribution in [-0.2, 0) is 19.4 Å². The normalized spacial score (nSPS) is 22.2. The van der Waals surface area contributed by atoms with E-state index in [4.69, 9.17) is 4.74 Å². The molecule has 1 unspecified atom stereocenters. The number of carbonyl (C=O) groups is 2. The van der Waals surface area contributed by atoms with Crippen molar-refractivity contribution in [1.29, 1.82) is 0 Å². The molecule has 1 aromatic rings. The van der Waals surface area contributed by atoms with Gasteiger partial charge in [0.1, 0.15) is 5.75 Å². The number of ether oxygens (including phenoxy) is 1. The van der Waals surface area contributed by atoms with Crippen LogP contribution in [0.5, 0.6) is 5.75 Å². The molecule has 2 heterocycles. The van der Waals surface area contributed by atoms with Gasteiger partial charge in [0.25, 0.3) is 5.91 Å². The molecular formula is C18H24N2O5S. The molecule has 1 atom stereocenters. The van der Waals surface area contributed by atoms with E-state index in [9.17, 15) is 18.0 Å². The molecule has 0 aromatic heterocycles. The maximum absolute atomic E-state index is 12.4. The van der Waals surface area contributed by atoms with E-state index in [0.29, 0.717) is 38.3 Å². The first kappa shape index (κ1) is 18.7. The zero-order valence-electron chi connectivity index (χ0n) is 14.7. The fourth-order valence-electron chi connectivity index (χ4n) is 3.37. The Balaban J connectivity index is 1.40. The summed E-state index contributed by atoms with van der Waals surface area (Å²) in [5.41, 5.74) is 0. The van der Waals surface area contributed by atoms with Crippen molar-refractivity contribution < 1.29 is 22.7 Å². The fourth-order valence-corrected chi connectivity index (χ4v) is 5.23. The summed E-state index contributed by atoms with van der Waals surface area (Å²) in [5, 5.41) is 0. The molecule has 0 radical (unpaired) electrons. The summed E-state index contributed by atoms with van der Waals surface area (Å²) in [6.07, 6.45) is 0.855. The van der Waals surface area contributed by atoms with Crippen molar-refractivity contribution in [3.05, 3.63) is 30.3 Å². The number of nitrogens with zero attached hydrogens (tertiary/aromatic N) is 2. The highest BCUT2D eigenvalue weighted by molar-refractivity contribution is 7.91. The lowest BCUT2D eigenvalue weighted by Crippen LogP contribution is -2.51. The predicted molar refractivity (Wildman–Crippen MR) is 96.5 cm³/mol. The second-order valence-corrected chi connectivity index (χ2v) is 9.07. The molecule has 7 nitrogen and oxygen atoms in total. The van der Waals surface area contributed by atoms with E-state index in [1.807, 2.05) is 18.2 Å². The fraction of sp³-hybridized carbons (Fsp3) is 0.556. The highest BCUT2D eigenvalue weighted by Gasteiger charge is 2.32. The van der Waals surface area contributed by atoms with Crippen molar-refractivity contribution in [3.63, 3.8) is 0 Å². The molecule has 0 spiro atoms. The molecular weight excluding hydrogens is 356 g/mol. The third-order valence-electron chi connectivity index (χ3n) is 4.88. The van der Waals surface area contributed by atoms with Crippen LogP contribution in [0.3, 0.4) is 0 Å². The lowest BCUT2D eigenvalue weighted by Gasteiger charge is -2.35. The largest absolute Gasteiger partial charge is 0.484 e. The van der Waals surface area contributed by atoms with Crippen LogP contribution in [0.25, 0.3) is 0 Å². The zero-order chi connectivity index (χ0) is 18.6. The van der Waals surface area contributed by atoms with E-state index >= 15 is 0 Å². The Morgan fingerprint density at radius 1 is 1.00 bits per heavy atom. The van der Waals surface area contributed by atoms with Crippen molar-refractivity contribution in [1.82, 2.24) is 9.80 Å². The van der Waals surface area contributed by atoms with E-state index in [0.717, 1.165) is 0 Å². The summed E-state index contributed by atoms with van der Waals surface area (Å²) in [7, 11) is -2.96. The molecule has 0 aliphatic carbocycles. The molecule has 0 bridgehead atoms. The minimum atomic E-state index is -2.96. The second kappa shape index (κ2) is 8.07. The van der Waals surface area contributed by atoms with Gasteiger partial charge in [-0.15, -0.1) is 0 Å². The highest BCUT2D eigenvalue weighted by atomic mass is 32.2. The molecule has 2 fully saturated rings. The number of hydrogen-bond acceptors (Lipinski definition) is 5. The summed E-state index contributed by atoms with van der Waals surface area (Å²) in [6, 6.07) is 9.17. The number of para-hydroxylation sites is 1. The van der Waals surface area contributed by atoms with Crippen LogP contribution in [0, 0.1) is 5.92 Å². The minimum Gasteiger partial charge on any atom is -0.484 e. The summed E-state index contributed by atoms with van der Waals surface area (Å²) >= 11 is 0. The van der Waals surface area contributed by atoms with Crippen molar-refractivity contribution >= 4 is 21.7 Å². The van der Waals surface area contributed by atoms with Gasteiger partial charge in [-0.05, 0) is 24.5 Å². The standard InChI is InChI=1S/C18H24N2O5S/c21-17(12-15-6-11-26(23,24)14-15)19-7-9-20(10-8-19)18(22)13-25-16-4-2-1-3-5-16/h1-5,15H,6-14H2. The molecule has 0 saturated carbocycles. The van der Waals surface area contributed by atoms with Gasteiger partial charge < -0.3 is 14.5 Å². The molecule has 142 valence electrons. The quantitative estimate of drug-likeness (QED) is 0.745. The number of rotatable bonds is 5. The van der Waals surface area contributed by atoms with Gasteiger partial charge in [0.15, 0.2) is 16.4 Å². The lowest BCUT2D eigenvalue weighted by atomic mass is 10.0. The minimum absolute atomic E-state index is 0.0141. The number of amides is 2. The van der Waals surface area contributed by atoms with Crippen LogP contribution < -0.4 is 4.74 Å². The average Bonchev–Trinajstić information content (AvgIpc) is 2.99. The summed E-state index contributed by atoms with van der Waals surface area (Å²) in [5.74, 6) is 0.790. The van der Waals surface area contributed by atoms with E-state index in [1.54, 1.807) is 21.9 Å². The number of sulfone groups is 1. The lowest BCUT2D eigenvalue weighted by molar-refractivity contribution is -0.141. The Morgan fingerprint density at radius 3 is 2.19 bits per heavy atom. The van der Waals surface area contributed by atoms with Crippen LogP contribution in [0.2, 0.25) is 0 Å². The first-order valence-electron chi connectivity index (χ1n) is 8.87. The summed E-state index contributed by atoms with van der Waals surface area (Å²) in [4.78, 5) is 28.0. The van der Waals surface area contributed by atoms with Crippen molar-refractivity contribution in [2.45, 2.75) is 12.8 Å². The number of hydrogen-bond donors (Lipinski definition) is 0. The highest BCUT2D eigenvalue weighted by Crippen LogP contribution is 2.22. The van der Waals surface area contributed by atoms with Crippen LogP contribution in [0.1, 0.15) is 12.8 Å². The van der Waals surface area contributed by atoms with Crippen LogP contribution in [0.15, 0.2) is 30.3 Å². The van der Waals surface area contributed by atoms with Gasteiger partial charge in [-0.1, -0.05) is 18.2 Å². The Bertz CT molecular complexity index is 742. The number of benzene rings is 1. The van der Waals surface area contributed by atoms with Crippen molar-refractivity contribution in [3.8, 4) is 5.75 Å². The van der Waals surface area contributed by atoms with E-state index in [-0.39, 0.29) is 42.3 Å². The van der Waals surface area contributed by atoms with Crippen LogP contribution >= 0.6 is 0 Å². The topological polar surface area (TPSA) is 84.0 Å². The Labute approximate surface area is 153 Å². The van der Waals surface area contributed by atoms with Crippen molar-refractivity contribution in [2.24, 2.45) is 5.92 Å². The Kier molecular flexibility index (Phi) is 5.80. The van der Waals surface area contributed by atoms with Gasteiger partial charge in [-0.25, -0.2) is 8.42 Å². The molecule has 2 aliphatic rings. The van der Waals surface area contributed by atoms with Crippen molar-refractivity contribution in [2.75, 3.05) is 44.3 Å². The SMILES string of the molecule is O=C(COc1ccccc1)N1CCN(C(=O)CC2CCS(=O)(=O)C2)CC1. The first-order valence-corrected chi connectivity index (χ1v) is 10.7. The first-order chi connectivity index (χ1) is 12.4. The van der Waals surface area contributed by atoms with E-state index in [1.165, 1.54) is 0 Å². The monoisotopic (exact) mass is 380 g/mol. The maximum atomic E-state index is 12.4. The van der Waals surface area contributed by atoms with E-state index in [2.05, 4.69) is 0 Å². The molecule has 2 amide bonds. The van der Waals surface area contributed by atoms with Gasteiger partial charge in [-0.2, -0.15) is 0 Å². The Hall–Kier alpha value is -2.09. The van der Waals surface area contributed by atoms with Gasteiger partial charge in [0, 0.05) is 32.6 Å². The average molecular weight is 380 g/mol. The predicted octanol–water partition coefficient (Wildman–Crippen LogP) is 0.561. The molecule has 1 aromatic carbocycles. The number of piperazine rings is 1. The summed E-state index contributed by atoms with van der Waals surface area (Å²) < 4.78 is 28.5. The maximum Gasteiger partial charge on any atom is 0.260 e. The molecule has 2 aliphatic heterocycles. The third-order valence-corrected chi connectivity index (χ3v) is 6.72. The molecule has 26 heavy (non-hydrogen) atoms. The van der Waals surface area contributed by atoms with Gasteiger partial charge >= 0.3 is 0 Å². The summed E-state index contributed by atoms with van der Waals surface area (Å²) in [6.45, 7) is 1.90. The van der Waals surface area contributed by atoms with Crippen LogP contribution in [-0.4, -0.2) is 74.3 Å². The number of carbonyl (C=O) groups excluding carboxylic acids is 2. The van der Waals surface area contributed by atoms with Gasteiger partial charge in [0.2, 0.25) is 5.91 Å². The van der Waals surface area contributed by atoms with E-state index < -0.39 is 9.84 Å². The molecule has 3 rings (SSSR count). The smallest absolute Gasteiger partial charge is 0.260 e. The van der Waals surface area contributed by atoms with Gasteiger partial charge in [-0.3, -0.25) is 9.59 Å². The molecule has 0 N–H and O–H groups in total. The Morgan fingerprint density at radius 2 is 1.62 bits per heavy atom. The zero-order valence-corrected chi connectivity index (χ0v) is 15.5. The molecule has 2 saturated heterocycles. The van der Waals surface area contributed by atoms with Gasteiger partial charge in [0.05, 0.1) is 11.5 Å². The second-order valence-electron chi connectivity index (χ2n) is 6.84. The van der Waals surface area contributed by atoms with Crippen LogP contribution in [0.4, 0.5) is 0 Å². The third kappa shape index (κ3) is 4.97.